The maximum Gasteiger partial charge on any atom is -0.00236 e. The fourth-order valence-corrected chi connectivity index (χ4v) is 4.97. The van der Waals surface area contributed by atoms with Crippen molar-refractivity contribution in [1.29, 1.82) is 0 Å². The van der Waals surface area contributed by atoms with Gasteiger partial charge in [-0.25, -0.2) is 0 Å². The molecule has 0 saturated carbocycles. The summed E-state index contributed by atoms with van der Waals surface area (Å²) >= 11 is 0. The standard InChI is InChI=1S/C28H29N/c1-2-3-4-18-29-19-8-12-22-17-16-21-11-6-14-24-23-13-5-9-20-10-7-15-25(26(20)23)28(22)27(21)24/h5-7,9-11,13-17,29H,2-4,8,12,18-19H2,1H3. The SMILES string of the molecule is CCCCCNCCCc1ccc2cccc3c4cccc5cccc(c1c23)c54. The van der Waals surface area contributed by atoms with Crippen molar-refractivity contribution >= 4 is 43.1 Å². The first-order valence-electron chi connectivity index (χ1n) is 11.2. The van der Waals surface area contributed by atoms with E-state index in [9.17, 15) is 0 Å². The van der Waals surface area contributed by atoms with Crippen LogP contribution < -0.4 is 5.32 Å². The van der Waals surface area contributed by atoms with Crippen LogP contribution in [-0.4, -0.2) is 13.1 Å². The van der Waals surface area contributed by atoms with Crippen LogP contribution >= 0.6 is 0 Å². The maximum atomic E-state index is 3.63. The lowest BCUT2D eigenvalue weighted by molar-refractivity contribution is 0.600. The number of nitrogens with one attached hydrogen (secondary N) is 1. The van der Waals surface area contributed by atoms with Crippen molar-refractivity contribution in [1.82, 2.24) is 5.32 Å². The maximum absolute atomic E-state index is 3.63. The highest BCUT2D eigenvalue weighted by atomic mass is 14.8. The molecule has 0 aliphatic heterocycles. The van der Waals surface area contributed by atoms with E-state index in [-0.39, 0.29) is 0 Å². The molecule has 0 spiro atoms. The Morgan fingerprint density at radius 3 is 2.00 bits per heavy atom. The minimum atomic E-state index is 1.10. The summed E-state index contributed by atoms with van der Waals surface area (Å²) in [6.45, 7) is 4.51. The summed E-state index contributed by atoms with van der Waals surface area (Å²) in [5, 5.41) is 14.8. The van der Waals surface area contributed by atoms with E-state index < -0.39 is 0 Å². The zero-order chi connectivity index (χ0) is 19.6. The first-order valence-corrected chi connectivity index (χ1v) is 11.2. The molecule has 0 aromatic heterocycles. The van der Waals surface area contributed by atoms with Gasteiger partial charge in [0, 0.05) is 0 Å². The van der Waals surface area contributed by atoms with E-state index in [1.54, 1.807) is 0 Å². The molecule has 0 bridgehead atoms. The quantitative estimate of drug-likeness (QED) is 0.168. The number of fused-ring (bicyclic) bond motifs is 2. The van der Waals surface area contributed by atoms with E-state index in [0.29, 0.717) is 0 Å². The number of rotatable bonds is 8. The summed E-state index contributed by atoms with van der Waals surface area (Å²) in [6.07, 6.45) is 6.22. The van der Waals surface area contributed by atoms with Gasteiger partial charge < -0.3 is 5.32 Å². The molecule has 5 aromatic rings. The summed E-state index contributed by atoms with van der Waals surface area (Å²) in [4.78, 5) is 0. The van der Waals surface area contributed by atoms with Crippen LogP contribution in [0.1, 0.15) is 38.2 Å². The van der Waals surface area contributed by atoms with Gasteiger partial charge in [0.15, 0.2) is 0 Å². The van der Waals surface area contributed by atoms with Crippen LogP contribution in [0, 0.1) is 0 Å². The predicted octanol–water partition coefficient (Wildman–Crippen LogP) is 7.45. The molecular formula is C28H29N. The zero-order valence-electron chi connectivity index (χ0n) is 17.3. The summed E-state index contributed by atoms with van der Waals surface area (Å²) in [7, 11) is 0. The van der Waals surface area contributed by atoms with Gasteiger partial charge in [0.05, 0.1) is 0 Å². The molecule has 1 N–H and O–H groups in total. The molecule has 5 rings (SSSR count). The van der Waals surface area contributed by atoms with Gasteiger partial charge in [-0.05, 0) is 81.0 Å². The van der Waals surface area contributed by atoms with Gasteiger partial charge in [0.1, 0.15) is 0 Å². The molecule has 146 valence electrons. The summed E-state index contributed by atoms with van der Waals surface area (Å²) in [5.74, 6) is 0. The molecule has 0 unspecified atom stereocenters. The molecule has 29 heavy (non-hydrogen) atoms. The van der Waals surface area contributed by atoms with Crippen molar-refractivity contribution in [3.63, 3.8) is 0 Å². The van der Waals surface area contributed by atoms with Gasteiger partial charge in [-0.2, -0.15) is 0 Å². The van der Waals surface area contributed by atoms with Crippen LogP contribution in [0.4, 0.5) is 0 Å². The number of aryl methyl sites for hydroxylation is 1. The topological polar surface area (TPSA) is 12.0 Å². The smallest absolute Gasteiger partial charge is 0.00236 e. The van der Waals surface area contributed by atoms with E-state index in [1.165, 1.54) is 74.3 Å². The Bertz CT molecular complexity index is 1260. The Hall–Kier alpha value is -2.64. The van der Waals surface area contributed by atoms with Crippen LogP contribution in [0.5, 0.6) is 0 Å². The monoisotopic (exact) mass is 379 g/mol. The Morgan fingerprint density at radius 1 is 0.586 bits per heavy atom. The minimum absolute atomic E-state index is 1.10. The van der Waals surface area contributed by atoms with Gasteiger partial charge >= 0.3 is 0 Å². The largest absolute Gasteiger partial charge is 0.317 e. The van der Waals surface area contributed by atoms with Gasteiger partial charge in [-0.3, -0.25) is 0 Å². The van der Waals surface area contributed by atoms with Crippen molar-refractivity contribution in [3.8, 4) is 0 Å². The third kappa shape index (κ3) is 3.24. The third-order valence-corrected chi connectivity index (χ3v) is 6.35. The number of unbranched alkanes of at least 4 members (excludes halogenated alkanes) is 2. The molecule has 0 amide bonds. The average molecular weight is 380 g/mol. The van der Waals surface area contributed by atoms with E-state index in [1.807, 2.05) is 0 Å². The average Bonchev–Trinajstić information content (AvgIpc) is 2.77. The Morgan fingerprint density at radius 2 is 1.24 bits per heavy atom. The van der Waals surface area contributed by atoms with Crippen molar-refractivity contribution in [3.05, 3.63) is 72.3 Å². The summed E-state index contributed by atoms with van der Waals surface area (Å²) in [5.41, 5.74) is 1.49. The molecule has 1 heteroatoms. The van der Waals surface area contributed by atoms with Crippen LogP contribution in [0.15, 0.2) is 66.7 Å². The highest BCUT2D eigenvalue weighted by Gasteiger charge is 2.14. The van der Waals surface area contributed by atoms with Crippen molar-refractivity contribution in [2.45, 2.75) is 39.0 Å². The normalized spacial score (nSPS) is 12.0. The highest BCUT2D eigenvalue weighted by Crippen LogP contribution is 2.41. The minimum Gasteiger partial charge on any atom is -0.317 e. The second-order valence-electron chi connectivity index (χ2n) is 8.27. The highest BCUT2D eigenvalue weighted by molar-refractivity contribution is 6.33. The van der Waals surface area contributed by atoms with Crippen LogP contribution in [-0.2, 0) is 6.42 Å². The molecule has 0 saturated heterocycles. The second kappa shape index (κ2) is 8.00. The lowest BCUT2D eigenvalue weighted by Crippen LogP contribution is -2.17. The predicted molar refractivity (Wildman–Crippen MR) is 128 cm³/mol. The van der Waals surface area contributed by atoms with Gasteiger partial charge in [-0.1, -0.05) is 86.5 Å². The molecular weight excluding hydrogens is 350 g/mol. The third-order valence-electron chi connectivity index (χ3n) is 6.35. The van der Waals surface area contributed by atoms with Crippen molar-refractivity contribution in [2.75, 3.05) is 13.1 Å². The fourth-order valence-electron chi connectivity index (χ4n) is 4.97. The van der Waals surface area contributed by atoms with E-state index in [0.717, 1.165) is 19.5 Å². The second-order valence-corrected chi connectivity index (χ2v) is 8.27. The first kappa shape index (κ1) is 18.4. The number of hydrogen-bond acceptors (Lipinski definition) is 1. The van der Waals surface area contributed by atoms with Crippen molar-refractivity contribution in [2.24, 2.45) is 0 Å². The summed E-state index contributed by atoms with van der Waals surface area (Å²) < 4.78 is 0. The fraction of sp³-hybridized carbons (Fsp3) is 0.286. The number of benzene rings is 5. The van der Waals surface area contributed by atoms with Gasteiger partial charge in [0.2, 0.25) is 0 Å². The number of hydrogen-bond donors (Lipinski definition) is 1. The lowest BCUT2D eigenvalue weighted by atomic mass is 9.87. The van der Waals surface area contributed by atoms with Gasteiger partial charge in [-0.15, -0.1) is 0 Å². The molecule has 0 atom stereocenters. The Labute approximate surface area is 173 Å². The summed E-state index contributed by atoms with van der Waals surface area (Å²) in [6, 6.07) is 25.0. The van der Waals surface area contributed by atoms with E-state index >= 15 is 0 Å². The molecule has 0 heterocycles. The molecule has 0 radical (unpaired) electrons. The van der Waals surface area contributed by atoms with Crippen LogP contribution in [0.25, 0.3) is 43.1 Å². The van der Waals surface area contributed by atoms with Crippen molar-refractivity contribution < 1.29 is 0 Å². The molecule has 0 aliphatic carbocycles. The molecule has 0 fully saturated rings. The zero-order valence-corrected chi connectivity index (χ0v) is 17.3. The van der Waals surface area contributed by atoms with E-state index in [2.05, 4.69) is 79.0 Å². The van der Waals surface area contributed by atoms with Crippen LogP contribution in [0.3, 0.4) is 0 Å². The molecule has 1 nitrogen and oxygen atoms in total. The van der Waals surface area contributed by atoms with Crippen LogP contribution in [0.2, 0.25) is 0 Å². The first-order chi connectivity index (χ1) is 14.4. The molecule has 0 aliphatic rings. The Balaban J connectivity index is 1.59. The Kier molecular flexibility index (Phi) is 5.08. The lowest BCUT2D eigenvalue weighted by Gasteiger charge is -2.17. The van der Waals surface area contributed by atoms with E-state index in [4.69, 9.17) is 0 Å². The molecule has 5 aromatic carbocycles. The van der Waals surface area contributed by atoms with Gasteiger partial charge in [0.25, 0.3) is 0 Å².